The fourth-order valence-electron chi connectivity index (χ4n) is 3.71. The van der Waals surface area contributed by atoms with Crippen LogP contribution in [0.3, 0.4) is 0 Å². The summed E-state index contributed by atoms with van der Waals surface area (Å²) in [6.07, 6.45) is 3.68. The summed E-state index contributed by atoms with van der Waals surface area (Å²) in [4.78, 5) is 21.0. The van der Waals surface area contributed by atoms with Crippen LogP contribution in [0, 0.1) is 13.0 Å². The van der Waals surface area contributed by atoms with Crippen LogP contribution >= 0.6 is 0 Å². The van der Waals surface area contributed by atoms with Crippen LogP contribution in [0.4, 0.5) is 4.79 Å². The molecule has 0 aromatic heterocycles. The molecule has 0 spiro atoms. The number of carbonyl (C=O) groups is 2. The topological polar surface area (TPSA) is 106 Å². The molecule has 2 saturated heterocycles. The molecule has 9 heteroatoms. The number of amides is 1. The number of carbonyl (C=O) groups excluding carboxylic acids is 1. The first-order chi connectivity index (χ1) is 15.1. The molecule has 1 aromatic rings. The summed E-state index contributed by atoms with van der Waals surface area (Å²) in [5.74, 6) is -1.08. The van der Waals surface area contributed by atoms with E-state index in [0.29, 0.717) is 13.2 Å². The van der Waals surface area contributed by atoms with Gasteiger partial charge in [0.15, 0.2) is 5.97 Å². The molecule has 2 aliphatic heterocycles. The number of piperidine rings is 1. The van der Waals surface area contributed by atoms with Gasteiger partial charge in [0.25, 0.3) is 0 Å². The first kappa shape index (κ1) is 29.8. The third-order valence-corrected chi connectivity index (χ3v) is 5.11. The maximum atomic E-state index is 12.1. The Morgan fingerprint density at radius 1 is 1.30 bits per heavy atom. The van der Waals surface area contributed by atoms with Gasteiger partial charge in [0.2, 0.25) is 0 Å². The van der Waals surface area contributed by atoms with Crippen molar-refractivity contribution in [1.29, 1.82) is 0 Å². The summed E-state index contributed by atoms with van der Waals surface area (Å²) in [5, 5.41) is 13.8. The zero-order chi connectivity index (χ0) is 23.6. The van der Waals surface area contributed by atoms with Crippen molar-refractivity contribution in [2.24, 2.45) is 0 Å². The first-order valence-corrected chi connectivity index (χ1v) is 11.1. The number of hydrogen-bond acceptors (Lipinski definition) is 6. The molecule has 3 rings (SSSR count). The van der Waals surface area contributed by atoms with Crippen molar-refractivity contribution in [3.63, 3.8) is 0 Å². The van der Waals surface area contributed by atoms with E-state index < -0.39 is 11.6 Å². The molecule has 0 saturated carbocycles. The average molecular weight is 537 g/mol. The minimum absolute atomic E-state index is 0. The third-order valence-electron chi connectivity index (χ3n) is 5.11. The first-order valence-electron chi connectivity index (χ1n) is 11.1. The van der Waals surface area contributed by atoms with Crippen molar-refractivity contribution in [1.82, 2.24) is 10.6 Å². The molecular weight excluding hydrogens is 501 g/mol. The maximum absolute atomic E-state index is 12.1. The zero-order valence-electron chi connectivity index (χ0n) is 19.8. The van der Waals surface area contributed by atoms with Crippen LogP contribution in [0.2, 0.25) is 0 Å². The Kier molecular flexibility index (Phi) is 13.5. The Morgan fingerprint density at radius 3 is 2.61 bits per heavy atom. The standard InChI is InChI=1S/C22H33N2O4.C2H3O2.Y/c1-22(2,3)28-21(25)24-18-10-7-13-23-19(18)15-26-17-11-12-20(27-14-17)16-8-5-4-6-9-16;1-2(3)4;/h4-6,8,17-20,23H,7,10-15H2,1-3H3,(H,24,25);1H2,(H,3,4);/q2*-1;/t17-,18+,19?,20-;;/m1../s1. The van der Waals surface area contributed by atoms with Crippen molar-refractivity contribution in [3.8, 4) is 0 Å². The molecule has 1 aromatic carbocycles. The van der Waals surface area contributed by atoms with E-state index in [0.717, 1.165) is 37.8 Å². The number of ether oxygens (including phenoxy) is 3. The van der Waals surface area contributed by atoms with Crippen LogP contribution in [0.25, 0.3) is 0 Å². The number of carboxylic acids is 1. The minimum atomic E-state index is -1.08. The van der Waals surface area contributed by atoms with Crippen LogP contribution < -0.4 is 10.6 Å². The summed E-state index contributed by atoms with van der Waals surface area (Å²) in [6.45, 7) is 10.2. The molecule has 2 fully saturated rings. The summed E-state index contributed by atoms with van der Waals surface area (Å²) in [5.41, 5.74) is 0.612. The Bertz CT molecular complexity index is 701. The van der Waals surface area contributed by atoms with Gasteiger partial charge in [-0.3, -0.25) is 11.7 Å². The Labute approximate surface area is 222 Å². The molecule has 1 radical (unpaired) electrons. The molecule has 8 nitrogen and oxygen atoms in total. The summed E-state index contributed by atoms with van der Waals surface area (Å²) in [6, 6.07) is 11.3. The van der Waals surface area contributed by atoms with Gasteiger partial charge in [-0.05, 0) is 53.0 Å². The van der Waals surface area contributed by atoms with Crippen LogP contribution in [0.5, 0.6) is 0 Å². The molecule has 1 unspecified atom stereocenters. The molecule has 0 bridgehead atoms. The second kappa shape index (κ2) is 14.9. The molecule has 33 heavy (non-hydrogen) atoms. The summed E-state index contributed by atoms with van der Waals surface area (Å²) in [7, 11) is 0. The van der Waals surface area contributed by atoms with Crippen molar-refractivity contribution < 1.29 is 61.6 Å². The van der Waals surface area contributed by atoms with E-state index in [1.807, 2.05) is 39.0 Å². The van der Waals surface area contributed by atoms with Crippen LogP contribution in [0.1, 0.15) is 58.1 Å². The van der Waals surface area contributed by atoms with E-state index >= 15 is 0 Å². The van der Waals surface area contributed by atoms with Crippen molar-refractivity contribution in [2.75, 3.05) is 19.8 Å². The fraction of sp³-hybridized carbons (Fsp3) is 0.625. The van der Waals surface area contributed by atoms with Gasteiger partial charge in [-0.1, -0.05) is 0 Å². The molecule has 183 valence electrons. The molecule has 4 atom stereocenters. The van der Waals surface area contributed by atoms with Gasteiger partial charge in [-0.15, -0.1) is 5.56 Å². The molecule has 0 aliphatic carbocycles. The van der Waals surface area contributed by atoms with Crippen molar-refractivity contribution in [2.45, 2.75) is 76.3 Å². The van der Waals surface area contributed by atoms with Crippen LogP contribution in [0.15, 0.2) is 24.3 Å². The number of rotatable bonds is 5. The fourth-order valence-corrected chi connectivity index (χ4v) is 3.71. The second-order valence-corrected chi connectivity index (χ2v) is 9.02. The average Bonchev–Trinajstić information content (AvgIpc) is 2.72. The van der Waals surface area contributed by atoms with Gasteiger partial charge in [0, 0.05) is 38.8 Å². The van der Waals surface area contributed by atoms with E-state index in [-0.39, 0.29) is 63.1 Å². The van der Waals surface area contributed by atoms with E-state index in [9.17, 15) is 4.79 Å². The van der Waals surface area contributed by atoms with Gasteiger partial charge in [0.1, 0.15) is 5.60 Å². The SMILES string of the molecule is CC(C)(C)OC(=O)N[C@H]1CCCNC1CO[C@@H]1CC[C@H](c2[c-]cccc2)OC1.[CH2-]C(=O)O.[Y]. The van der Waals surface area contributed by atoms with Crippen LogP contribution in [-0.2, 0) is 51.7 Å². The molecule has 2 aliphatic rings. The largest absolute Gasteiger partial charge is 0.503 e. The van der Waals surface area contributed by atoms with Gasteiger partial charge in [-0.2, -0.15) is 30.3 Å². The zero-order valence-corrected chi connectivity index (χ0v) is 22.7. The monoisotopic (exact) mass is 537 g/mol. The minimum Gasteiger partial charge on any atom is -0.503 e. The quantitative estimate of drug-likeness (QED) is 0.495. The smallest absolute Gasteiger partial charge is 0.407 e. The second-order valence-electron chi connectivity index (χ2n) is 9.02. The predicted molar refractivity (Wildman–Crippen MR) is 120 cm³/mol. The molecule has 1 amide bonds. The number of hydrogen-bond donors (Lipinski definition) is 3. The Morgan fingerprint density at radius 2 is 2.03 bits per heavy atom. The predicted octanol–water partition coefficient (Wildman–Crippen LogP) is 3.27. The Hall–Kier alpha value is -1.19. The molecule has 3 N–H and O–H groups in total. The normalized spacial score (nSPS) is 24.9. The van der Waals surface area contributed by atoms with Gasteiger partial charge in [-0.25, -0.2) is 4.79 Å². The van der Waals surface area contributed by atoms with Crippen molar-refractivity contribution in [3.05, 3.63) is 42.8 Å². The van der Waals surface area contributed by atoms with Gasteiger partial charge >= 0.3 is 6.09 Å². The van der Waals surface area contributed by atoms with Crippen LogP contribution in [-0.4, -0.2) is 60.7 Å². The number of carboxylic acid groups (broad SMARTS) is 1. The summed E-state index contributed by atoms with van der Waals surface area (Å²) < 4.78 is 17.5. The van der Waals surface area contributed by atoms with E-state index in [2.05, 4.69) is 29.7 Å². The summed E-state index contributed by atoms with van der Waals surface area (Å²) >= 11 is 0. The van der Waals surface area contributed by atoms with Gasteiger partial charge in [0.05, 0.1) is 31.5 Å². The number of benzene rings is 1. The number of aliphatic carboxylic acids is 1. The molecular formula is C24H36N2O6Y-2. The van der Waals surface area contributed by atoms with Crippen molar-refractivity contribution >= 4 is 12.1 Å². The van der Waals surface area contributed by atoms with E-state index in [1.165, 1.54) is 0 Å². The number of nitrogens with one attached hydrogen (secondary N) is 2. The third kappa shape index (κ3) is 12.2. The van der Waals surface area contributed by atoms with E-state index in [4.69, 9.17) is 24.1 Å². The number of alkyl carbamates (subject to hydrolysis) is 1. The van der Waals surface area contributed by atoms with Gasteiger partial charge < -0.3 is 30.0 Å². The Balaban J connectivity index is 0.00000101. The van der Waals surface area contributed by atoms with E-state index in [1.54, 1.807) is 0 Å². The molecule has 2 heterocycles. The maximum Gasteiger partial charge on any atom is 0.407 e.